The van der Waals surface area contributed by atoms with Crippen LogP contribution in [0.15, 0.2) is 124 Å². The molecule has 2 fully saturated rings. The molecule has 4 aromatic carbocycles. The van der Waals surface area contributed by atoms with Crippen molar-refractivity contribution in [2.75, 3.05) is 37.6 Å². The molecule has 0 bridgehead atoms. The van der Waals surface area contributed by atoms with Gasteiger partial charge < -0.3 is 27.9 Å². The van der Waals surface area contributed by atoms with Crippen molar-refractivity contribution in [3.63, 3.8) is 0 Å². The van der Waals surface area contributed by atoms with Crippen LogP contribution in [0.5, 0.6) is 0 Å². The lowest BCUT2D eigenvalue weighted by Crippen LogP contribution is -2.36. The molecule has 10 rings (SSSR count). The summed E-state index contributed by atoms with van der Waals surface area (Å²) in [7, 11) is 0. The highest BCUT2D eigenvalue weighted by Gasteiger charge is 2.18. The van der Waals surface area contributed by atoms with E-state index in [0.29, 0.717) is 51.2 Å². The quantitative estimate of drug-likeness (QED) is 0.156. The van der Waals surface area contributed by atoms with Crippen LogP contribution in [0.25, 0.3) is 67.0 Å². The van der Waals surface area contributed by atoms with Crippen LogP contribution >= 0.6 is 0 Å². The van der Waals surface area contributed by atoms with Crippen LogP contribution in [0, 0.1) is 5.82 Å². The van der Waals surface area contributed by atoms with Crippen LogP contribution in [0.3, 0.4) is 0 Å². The minimum absolute atomic E-state index is 0.191. The van der Waals surface area contributed by atoms with Crippen molar-refractivity contribution in [2.45, 2.75) is 59.5 Å². The fraction of sp³-hybridized carbons (Fsp3) is 0.292. The number of nitrogens with one attached hydrogen (secondary N) is 1. The van der Waals surface area contributed by atoms with Gasteiger partial charge in [-0.1, -0.05) is 31.2 Å². The first kappa shape index (κ1) is 47.7. The van der Waals surface area contributed by atoms with E-state index in [9.17, 15) is 14.0 Å². The molecule has 16 heteroatoms. The average Bonchev–Trinajstić information content (AvgIpc) is 3.85. The smallest absolute Gasteiger partial charge is 0.373 e. The first-order valence-corrected chi connectivity index (χ1v) is 20.6. The summed E-state index contributed by atoms with van der Waals surface area (Å²) in [5, 5.41) is 4.57. The predicted molar refractivity (Wildman–Crippen MR) is 238 cm³/mol. The highest BCUT2D eigenvalue weighted by Crippen LogP contribution is 2.29. The Morgan fingerprint density at radius 3 is 1.45 bits per heavy atom. The molecule has 0 radical (unpaired) electrons. The van der Waals surface area contributed by atoms with Gasteiger partial charge in [0, 0.05) is 53.8 Å². The van der Waals surface area contributed by atoms with Crippen LogP contribution in [0.2, 0.25) is 0 Å². The van der Waals surface area contributed by atoms with Crippen LogP contribution in [-0.2, 0) is 19.2 Å². The lowest BCUT2D eigenvalue weighted by molar-refractivity contribution is -0.193. The molecule has 0 aliphatic carbocycles. The number of aromatic nitrogens is 2. The second-order valence-corrected chi connectivity index (χ2v) is 14.9. The Labute approximate surface area is 366 Å². The fourth-order valence-corrected chi connectivity index (χ4v) is 6.73. The summed E-state index contributed by atoms with van der Waals surface area (Å²) >= 11 is 0. The Morgan fingerprint density at radius 2 is 1.08 bits per heavy atom. The maximum absolute atomic E-state index is 13.1. The molecule has 1 N–H and O–H groups in total. The average molecular weight is 874 g/mol. The molecule has 8 aromatic rings. The van der Waals surface area contributed by atoms with Gasteiger partial charge in [0.1, 0.15) is 39.1 Å². The standard InChI is InChI=1S/C19H14N2O3.C16H8FNO3.C8H19N.C3H7N.2CO2/c22-19-14(18-20-15-4-1-2-5-16(15)23-18)10-12-6-7-13(11-17(12)24-19)21-8-3-9-21;17-10-6-5-9-7-11(16(19)21-14(9)8-10)15-18-12-3-1-2-4-13(12)20-15;1-6-9(7(2)3)8(4)5;1-2-4-3-1;2*2-1-3/h1-2,4-7,10-11H,3,8-9H2;1-8H;7-8H,6H2,1-5H3;4H,1-3H2;;. The van der Waals surface area contributed by atoms with Gasteiger partial charge in [-0.25, -0.2) is 23.9 Å². The molecule has 0 spiro atoms. The molecule has 2 aliphatic rings. The van der Waals surface area contributed by atoms with Gasteiger partial charge in [-0.3, -0.25) is 4.90 Å². The molecule has 15 nitrogen and oxygen atoms in total. The maximum Gasteiger partial charge on any atom is 0.373 e. The summed E-state index contributed by atoms with van der Waals surface area (Å²) in [6.45, 7) is 16.9. The van der Waals surface area contributed by atoms with Gasteiger partial charge in [-0.2, -0.15) is 19.2 Å². The number of benzene rings is 4. The Morgan fingerprint density at radius 1 is 0.641 bits per heavy atom. The SMILES string of the molecule is C1CNC1.CCN(C(C)C)C(C)C.O=C=O.O=C=O.O=c1oc2cc(F)ccc2cc1-c1nc2ccccc2o1.O=c1oc2cc(N3CCC3)ccc2cc1-c1nc2ccccc2o1. The molecule has 4 aromatic heterocycles. The zero-order chi connectivity index (χ0) is 46.2. The molecule has 2 aliphatic heterocycles. The van der Waals surface area contributed by atoms with Crippen LogP contribution in [-0.4, -0.2) is 72.0 Å². The fourth-order valence-electron chi connectivity index (χ4n) is 6.73. The van der Waals surface area contributed by atoms with Crippen molar-refractivity contribution < 1.29 is 41.2 Å². The van der Waals surface area contributed by atoms with Crippen LogP contribution in [0.1, 0.15) is 47.5 Å². The molecule has 2 saturated heterocycles. The Balaban J connectivity index is 0.000000174. The van der Waals surface area contributed by atoms with E-state index in [4.69, 9.17) is 36.8 Å². The summed E-state index contributed by atoms with van der Waals surface area (Å²) < 4.78 is 35.0. The molecular weight excluding hydrogens is 826 g/mol. The maximum atomic E-state index is 13.1. The zero-order valence-electron chi connectivity index (χ0n) is 36.1. The monoisotopic (exact) mass is 873 g/mol. The number of fused-ring (bicyclic) bond motifs is 4. The molecule has 0 unspecified atom stereocenters. The van der Waals surface area contributed by atoms with Crippen molar-refractivity contribution >= 4 is 62.1 Å². The number of carbonyl (C=O) groups excluding carboxylic acids is 4. The number of hydrogen-bond acceptors (Lipinski definition) is 15. The van der Waals surface area contributed by atoms with Crippen LogP contribution in [0.4, 0.5) is 10.1 Å². The van der Waals surface area contributed by atoms with Crippen molar-refractivity contribution in [3.8, 4) is 22.9 Å². The Hall–Kier alpha value is -7.35. The lowest BCUT2D eigenvalue weighted by atomic mass is 10.1. The van der Waals surface area contributed by atoms with Gasteiger partial charge in [0.2, 0.25) is 11.8 Å². The van der Waals surface area contributed by atoms with Crippen molar-refractivity contribution in [2.24, 2.45) is 0 Å². The third kappa shape index (κ3) is 12.4. The van der Waals surface area contributed by atoms with Gasteiger partial charge in [-0.05, 0) is 121 Å². The van der Waals surface area contributed by atoms with E-state index in [1.165, 1.54) is 38.1 Å². The number of para-hydroxylation sites is 4. The van der Waals surface area contributed by atoms with Gasteiger partial charge in [0.05, 0.1) is 0 Å². The molecule has 0 saturated carbocycles. The largest absolute Gasteiger partial charge is 0.436 e. The first-order valence-electron chi connectivity index (χ1n) is 20.6. The summed E-state index contributed by atoms with van der Waals surface area (Å²) in [6.07, 6.45) is 3.10. The molecular formula is C48H48FN5O10. The number of anilines is 1. The minimum Gasteiger partial charge on any atom is -0.436 e. The van der Waals surface area contributed by atoms with E-state index in [0.717, 1.165) is 36.2 Å². The molecule has 64 heavy (non-hydrogen) atoms. The van der Waals surface area contributed by atoms with Crippen molar-refractivity contribution in [1.29, 1.82) is 0 Å². The summed E-state index contributed by atoms with van der Waals surface area (Å²) in [5.74, 6) is 0.0232. The minimum atomic E-state index is -0.611. The summed E-state index contributed by atoms with van der Waals surface area (Å²) in [4.78, 5) is 70.3. The Bertz CT molecular complexity index is 2880. The highest BCUT2D eigenvalue weighted by atomic mass is 19.1. The predicted octanol–water partition coefficient (Wildman–Crippen LogP) is 8.49. The topological polar surface area (TPSA) is 199 Å². The van der Waals surface area contributed by atoms with Gasteiger partial charge in [0.25, 0.3) is 0 Å². The number of nitrogens with zero attached hydrogens (tertiary/aromatic N) is 4. The molecule has 6 heterocycles. The number of oxazole rings is 2. The summed E-state index contributed by atoms with van der Waals surface area (Å²) in [5.41, 5.74) is 4.00. The third-order valence-corrected chi connectivity index (χ3v) is 10.1. The van der Waals surface area contributed by atoms with E-state index < -0.39 is 17.1 Å². The second kappa shape index (κ2) is 23.2. The molecule has 332 valence electrons. The van der Waals surface area contributed by atoms with E-state index in [1.807, 2.05) is 48.5 Å². The van der Waals surface area contributed by atoms with E-state index in [1.54, 1.807) is 30.3 Å². The highest BCUT2D eigenvalue weighted by molar-refractivity contribution is 5.85. The van der Waals surface area contributed by atoms with Gasteiger partial charge >= 0.3 is 23.6 Å². The zero-order valence-corrected chi connectivity index (χ0v) is 36.1. The second-order valence-electron chi connectivity index (χ2n) is 14.9. The lowest BCUT2D eigenvalue weighted by Gasteiger charge is -2.33. The third-order valence-electron chi connectivity index (χ3n) is 10.1. The van der Waals surface area contributed by atoms with E-state index in [-0.39, 0.29) is 29.3 Å². The van der Waals surface area contributed by atoms with E-state index >= 15 is 0 Å². The number of hydrogen-bond donors (Lipinski definition) is 1. The molecule has 0 amide bonds. The number of rotatable bonds is 6. The first-order chi connectivity index (χ1) is 30.9. The van der Waals surface area contributed by atoms with Crippen molar-refractivity contribution in [1.82, 2.24) is 20.2 Å². The normalized spacial score (nSPS) is 12.5. The van der Waals surface area contributed by atoms with E-state index in [2.05, 4.69) is 65.8 Å². The van der Waals surface area contributed by atoms with Crippen LogP contribution < -0.4 is 21.5 Å². The van der Waals surface area contributed by atoms with Gasteiger partial charge in [-0.15, -0.1) is 0 Å². The molecule has 0 atom stereocenters. The van der Waals surface area contributed by atoms with Gasteiger partial charge in [0.15, 0.2) is 11.2 Å². The number of halogens is 1. The van der Waals surface area contributed by atoms with Crippen molar-refractivity contribution in [3.05, 3.63) is 124 Å². The summed E-state index contributed by atoms with van der Waals surface area (Å²) in [6, 6.07) is 29.4. The Kier molecular flexibility index (Phi) is 17.3.